The number of esters is 1. The normalized spacial score (nSPS) is 12.2. The molecule has 0 saturated heterocycles. The summed E-state index contributed by atoms with van der Waals surface area (Å²) in [6.45, 7) is 3.85. The Kier molecular flexibility index (Phi) is 4.43. The first kappa shape index (κ1) is 12.6. The van der Waals surface area contributed by atoms with Gasteiger partial charge in [-0.05, 0) is 31.0 Å². The molecule has 1 aromatic rings. The van der Waals surface area contributed by atoms with Crippen LogP contribution in [0.2, 0.25) is 0 Å². The number of halogens is 1. The highest BCUT2D eigenvalue weighted by molar-refractivity contribution is 5.75. The Bertz CT molecular complexity index is 379. The summed E-state index contributed by atoms with van der Waals surface area (Å²) in [7, 11) is 1.34. The molecule has 1 unspecified atom stereocenters. The molecule has 1 rings (SSSR count). The van der Waals surface area contributed by atoms with Crippen LogP contribution in [-0.2, 0) is 16.1 Å². The Morgan fingerprint density at radius 2 is 2.25 bits per heavy atom. The van der Waals surface area contributed by atoms with Gasteiger partial charge in [0.15, 0.2) is 0 Å². The lowest BCUT2D eigenvalue weighted by Crippen LogP contribution is -2.34. The largest absolute Gasteiger partial charge is 0.468 e. The number of ether oxygens (including phenoxy) is 1. The molecule has 1 N–H and O–H groups in total. The molecule has 4 heteroatoms. The molecular formula is C12H16FNO2. The standard InChI is InChI=1S/C12H16FNO2/c1-8-4-5-10(6-11(8)13)7-14-9(2)12(15)16-3/h4-6,9,14H,7H2,1-3H3. The summed E-state index contributed by atoms with van der Waals surface area (Å²) in [6.07, 6.45) is 0. The molecule has 0 aliphatic heterocycles. The quantitative estimate of drug-likeness (QED) is 0.794. The molecule has 1 atom stereocenters. The molecule has 1 aromatic carbocycles. The Hall–Kier alpha value is -1.42. The summed E-state index contributed by atoms with van der Waals surface area (Å²) in [6, 6.07) is 4.62. The van der Waals surface area contributed by atoms with Gasteiger partial charge in [-0.25, -0.2) is 4.39 Å². The van der Waals surface area contributed by atoms with Crippen LogP contribution < -0.4 is 5.32 Å². The van der Waals surface area contributed by atoms with Crippen molar-refractivity contribution in [2.24, 2.45) is 0 Å². The highest BCUT2D eigenvalue weighted by atomic mass is 19.1. The van der Waals surface area contributed by atoms with E-state index >= 15 is 0 Å². The van der Waals surface area contributed by atoms with E-state index in [9.17, 15) is 9.18 Å². The van der Waals surface area contributed by atoms with E-state index in [1.807, 2.05) is 6.07 Å². The van der Waals surface area contributed by atoms with Gasteiger partial charge in [0.25, 0.3) is 0 Å². The Labute approximate surface area is 94.6 Å². The Morgan fingerprint density at radius 1 is 1.56 bits per heavy atom. The maximum absolute atomic E-state index is 13.2. The van der Waals surface area contributed by atoms with Crippen LogP contribution >= 0.6 is 0 Å². The van der Waals surface area contributed by atoms with E-state index in [1.165, 1.54) is 13.2 Å². The van der Waals surface area contributed by atoms with Gasteiger partial charge < -0.3 is 10.1 Å². The van der Waals surface area contributed by atoms with Crippen molar-refractivity contribution in [1.29, 1.82) is 0 Å². The summed E-state index contributed by atoms with van der Waals surface area (Å²) in [5, 5.41) is 2.96. The molecule has 0 amide bonds. The van der Waals surface area contributed by atoms with Crippen LogP contribution in [0.15, 0.2) is 18.2 Å². The zero-order chi connectivity index (χ0) is 12.1. The van der Waals surface area contributed by atoms with Crippen molar-refractivity contribution in [1.82, 2.24) is 5.32 Å². The number of rotatable bonds is 4. The van der Waals surface area contributed by atoms with Crippen LogP contribution in [0.1, 0.15) is 18.1 Å². The summed E-state index contributed by atoms with van der Waals surface area (Å²) in [5.74, 6) is -0.558. The number of carbonyl (C=O) groups excluding carboxylic acids is 1. The summed E-state index contributed by atoms with van der Waals surface area (Å²) in [4.78, 5) is 11.1. The fourth-order valence-corrected chi connectivity index (χ4v) is 1.28. The topological polar surface area (TPSA) is 38.3 Å². The molecule has 0 radical (unpaired) electrons. The molecule has 16 heavy (non-hydrogen) atoms. The van der Waals surface area contributed by atoms with E-state index in [0.29, 0.717) is 12.1 Å². The minimum Gasteiger partial charge on any atom is -0.468 e. The predicted octanol–water partition coefficient (Wildman–Crippen LogP) is 1.79. The fourth-order valence-electron chi connectivity index (χ4n) is 1.28. The molecule has 0 heterocycles. The van der Waals surface area contributed by atoms with Crippen molar-refractivity contribution >= 4 is 5.97 Å². The van der Waals surface area contributed by atoms with Crippen molar-refractivity contribution in [3.05, 3.63) is 35.1 Å². The van der Waals surface area contributed by atoms with Crippen LogP contribution in [0.4, 0.5) is 4.39 Å². The second-order valence-corrected chi connectivity index (χ2v) is 3.71. The molecule has 0 spiro atoms. The van der Waals surface area contributed by atoms with Gasteiger partial charge in [-0.3, -0.25) is 4.79 Å². The third-order valence-electron chi connectivity index (χ3n) is 2.40. The van der Waals surface area contributed by atoms with Gasteiger partial charge in [-0.2, -0.15) is 0 Å². The number of hydrogen-bond donors (Lipinski definition) is 1. The molecule has 0 aliphatic rings. The van der Waals surface area contributed by atoms with E-state index in [1.54, 1.807) is 19.9 Å². The lowest BCUT2D eigenvalue weighted by Gasteiger charge is -2.11. The second-order valence-electron chi connectivity index (χ2n) is 3.71. The smallest absolute Gasteiger partial charge is 0.322 e. The maximum Gasteiger partial charge on any atom is 0.322 e. The molecule has 0 saturated carbocycles. The Balaban J connectivity index is 2.55. The first-order valence-corrected chi connectivity index (χ1v) is 5.11. The SMILES string of the molecule is COC(=O)C(C)NCc1ccc(C)c(F)c1. The van der Waals surface area contributed by atoms with E-state index in [-0.39, 0.29) is 11.8 Å². The van der Waals surface area contributed by atoms with E-state index < -0.39 is 6.04 Å². The van der Waals surface area contributed by atoms with E-state index in [4.69, 9.17) is 0 Å². The summed E-state index contributed by atoms with van der Waals surface area (Å²) >= 11 is 0. The molecule has 3 nitrogen and oxygen atoms in total. The van der Waals surface area contributed by atoms with Crippen molar-refractivity contribution in [3.8, 4) is 0 Å². The molecule has 88 valence electrons. The van der Waals surface area contributed by atoms with Crippen LogP contribution in [0, 0.1) is 12.7 Å². The van der Waals surface area contributed by atoms with Crippen molar-refractivity contribution in [2.45, 2.75) is 26.4 Å². The summed E-state index contributed by atoms with van der Waals surface area (Å²) < 4.78 is 17.8. The van der Waals surface area contributed by atoms with E-state index in [2.05, 4.69) is 10.1 Å². The average Bonchev–Trinajstić information content (AvgIpc) is 2.29. The number of aryl methyl sites for hydroxylation is 1. The van der Waals surface area contributed by atoms with Gasteiger partial charge >= 0.3 is 5.97 Å². The van der Waals surface area contributed by atoms with Crippen molar-refractivity contribution < 1.29 is 13.9 Å². The third kappa shape index (κ3) is 3.31. The maximum atomic E-state index is 13.2. The average molecular weight is 225 g/mol. The van der Waals surface area contributed by atoms with Gasteiger partial charge in [-0.1, -0.05) is 12.1 Å². The van der Waals surface area contributed by atoms with Gasteiger partial charge in [0.2, 0.25) is 0 Å². The highest BCUT2D eigenvalue weighted by Gasteiger charge is 2.11. The van der Waals surface area contributed by atoms with Crippen LogP contribution in [-0.4, -0.2) is 19.1 Å². The van der Waals surface area contributed by atoms with Crippen LogP contribution in [0.3, 0.4) is 0 Å². The first-order chi connectivity index (χ1) is 7.54. The number of benzene rings is 1. The molecule has 0 bridgehead atoms. The lowest BCUT2D eigenvalue weighted by molar-refractivity contribution is -0.142. The van der Waals surface area contributed by atoms with Crippen LogP contribution in [0.25, 0.3) is 0 Å². The first-order valence-electron chi connectivity index (χ1n) is 5.11. The van der Waals surface area contributed by atoms with Crippen LogP contribution in [0.5, 0.6) is 0 Å². The predicted molar refractivity (Wildman–Crippen MR) is 59.5 cm³/mol. The van der Waals surface area contributed by atoms with Gasteiger partial charge in [-0.15, -0.1) is 0 Å². The van der Waals surface area contributed by atoms with Gasteiger partial charge in [0, 0.05) is 6.54 Å². The monoisotopic (exact) mass is 225 g/mol. The third-order valence-corrected chi connectivity index (χ3v) is 2.40. The number of methoxy groups -OCH3 is 1. The number of hydrogen-bond acceptors (Lipinski definition) is 3. The minimum absolute atomic E-state index is 0.231. The molecule has 0 fully saturated rings. The fraction of sp³-hybridized carbons (Fsp3) is 0.417. The lowest BCUT2D eigenvalue weighted by atomic mass is 10.1. The molecule has 0 aliphatic carbocycles. The van der Waals surface area contributed by atoms with Gasteiger partial charge in [0.05, 0.1) is 7.11 Å². The van der Waals surface area contributed by atoms with Crippen molar-refractivity contribution in [3.63, 3.8) is 0 Å². The zero-order valence-electron chi connectivity index (χ0n) is 9.71. The van der Waals surface area contributed by atoms with Gasteiger partial charge in [0.1, 0.15) is 11.9 Å². The van der Waals surface area contributed by atoms with Crippen molar-refractivity contribution in [2.75, 3.05) is 7.11 Å². The minimum atomic E-state index is -0.394. The molecular weight excluding hydrogens is 209 g/mol. The zero-order valence-corrected chi connectivity index (χ0v) is 9.71. The summed E-state index contributed by atoms with van der Waals surface area (Å²) in [5.41, 5.74) is 1.42. The number of nitrogens with one attached hydrogen (secondary N) is 1. The molecule has 0 aromatic heterocycles. The highest BCUT2D eigenvalue weighted by Crippen LogP contribution is 2.09. The van der Waals surface area contributed by atoms with E-state index in [0.717, 1.165) is 5.56 Å². The number of carbonyl (C=O) groups is 1. The second kappa shape index (κ2) is 5.61. The Morgan fingerprint density at radius 3 is 2.81 bits per heavy atom.